The maximum Gasteiger partial charge on any atom is 0.220 e. The number of rotatable bonds is 65. The number of ether oxygens (including phenoxy) is 6. The molecule has 3 aliphatic rings. The van der Waals surface area contributed by atoms with Crippen molar-refractivity contribution in [1.29, 1.82) is 0 Å². The summed E-state index contributed by atoms with van der Waals surface area (Å²) in [5.74, 6) is -0.233. The van der Waals surface area contributed by atoms with Crippen molar-refractivity contribution >= 4 is 5.91 Å². The number of hydrogen-bond donors (Lipinski definition) is 12. The number of carbonyl (C=O) groups is 1. The summed E-state index contributed by atoms with van der Waals surface area (Å²) in [4.78, 5) is 13.5. The van der Waals surface area contributed by atoms with E-state index < -0.39 is 124 Å². The Morgan fingerprint density at radius 2 is 0.594 bits per heavy atom. The number of aliphatic hydroxyl groups excluding tert-OH is 11. The van der Waals surface area contributed by atoms with Gasteiger partial charge in [-0.2, -0.15) is 0 Å². The third kappa shape index (κ3) is 39.4. The molecule has 12 N–H and O–H groups in total. The Hall–Kier alpha value is -1.21. The topological polar surface area (TPSA) is 307 Å². The fourth-order valence-electron chi connectivity index (χ4n) is 14.2. The predicted molar refractivity (Wildman–Crippen MR) is 379 cm³/mol. The van der Waals surface area contributed by atoms with E-state index in [2.05, 4.69) is 19.2 Å². The van der Waals surface area contributed by atoms with Crippen LogP contribution in [0.2, 0.25) is 0 Å². The summed E-state index contributed by atoms with van der Waals surface area (Å²) in [6.45, 7) is 1.88. The molecule has 3 heterocycles. The Kier molecular flexibility index (Phi) is 54.9. The van der Waals surface area contributed by atoms with Gasteiger partial charge in [-0.05, 0) is 12.8 Å². The van der Waals surface area contributed by atoms with E-state index >= 15 is 0 Å². The van der Waals surface area contributed by atoms with Crippen molar-refractivity contribution < 1.29 is 89.4 Å². The summed E-state index contributed by atoms with van der Waals surface area (Å²) in [5.41, 5.74) is 0. The summed E-state index contributed by atoms with van der Waals surface area (Å²) >= 11 is 0. The second-order valence-corrected chi connectivity index (χ2v) is 29.2. The number of hydrogen-bond acceptors (Lipinski definition) is 18. The lowest BCUT2D eigenvalue weighted by Crippen LogP contribution is -2.66. The van der Waals surface area contributed by atoms with Gasteiger partial charge < -0.3 is 89.9 Å². The van der Waals surface area contributed by atoms with Gasteiger partial charge in [0.2, 0.25) is 5.91 Å². The molecule has 0 radical (unpaired) electrons. The van der Waals surface area contributed by atoms with Gasteiger partial charge in [0.25, 0.3) is 0 Å². The third-order valence-corrected chi connectivity index (χ3v) is 20.7. The molecule has 0 aliphatic carbocycles. The van der Waals surface area contributed by atoms with Crippen LogP contribution in [0.1, 0.15) is 354 Å². The molecule has 570 valence electrons. The van der Waals surface area contributed by atoms with Crippen molar-refractivity contribution in [3.05, 3.63) is 0 Å². The van der Waals surface area contributed by atoms with Crippen LogP contribution in [0.4, 0.5) is 0 Å². The van der Waals surface area contributed by atoms with Crippen molar-refractivity contribution in [3.63, 3.8) is 0 Å². The van der Waals surface area contributed by atoms with Crippen LogP contribution in [-0.4, -0.2) is 193 Å². The fourth-order valence-corrected chi connectivity index (χ4v) is 14.2. The maximum absolute atomic E-state index is 13.5. The van der Waals surface area contributed by atoms with E-state index in [1.165, 1.54) is 276 Å². The largest absolute Gasteiger partial charge is 0.394 e. The van der Waals surface area contributed by atoms with Crippen LogP contribution >= 0.6 is 0 Å². The Balaban J connectivity index is 1.37. The number of aliphatic hydroxyl groups is 11. The molecule has 0 bridgehead atoms. The lowest BCUT2D eigenvalue weighted by Gasteiger charge is -2.48. The Labute approximate surface area is 583 Å². The highest BCUT2D eigenvalue weighted by Gasteiger charge is 2.54. The molecule has 3 aliphatic heterocycles. The van der Waals surface area contributed by atoms with E-state index in [1.54, 1.807) is 0 Å². The molecule has 3 fully saturated rings. The molecular formula is C77H149NO18. The van der Waals surface area contributed by atoms with Gasteiger partial charge in [-0.1, -0.05) is 335 Å². The average Bonchev–Trinajstić information content (AvgIpc) is 0.786. The first-order valence-corrected chi connectivity index (χ1v) is 40.3. The van der Waals surface area contributed by atoms with Crippen LogP contribution in [0.3, 0.4) is 0 Å². The van der Waals surface area contributed by atoms with E-state index in [4.69, 9.17) is 28.4 Å². The highest BCUT2D eigenvalue weighted by Crippen LogP contribution is 2.33. The quantitative estimate of drug-likeness (QED) is 0.0252. The summed E-state index contributed by atoms with van der Waals surface area (Å²) in [7, 11) is 0. The molecule has 0 aromatic carbocycles. The normalized spacial score (nSPS) is 26.9. The van der Waals surface area contributed by atoms with Crippen molar-refractivity contribution in [2.45, 2.75) is 458 Å². The molecule has 3 saturated heterocycles. The van der Waals surface area contributed by atoms with Crippen molar-refractivity contribution in [2.24, 2.45) is 0 Å². The summed E-state index contributed by atoms with van der Waals surface area (Å²) in [6.07, 6.45) is 40.5. The first-order chi connectivity index (χ1) is 46.8. The molecule has 17 atom stereocenters. The molecule has 0 spiro atoms. The van der Waals surface area contributed by atoms with Crippen LogP contribution < -0.4 is 5.32 Å². The summed E-state index contributed by atoms with van der Waals surface area (Å²) < 4.78 is 34.5. The van der Waals surface area contributed by atoms with Crippen LogP contribution in [0.25, 0.3) is 0 Å². The second-order valence-electron chi connectivity index (χ2n) is 29.2. The molecule has 96 heavy (non-hydrogen) atoms. The molecule has 19 heteroatoms. The van der Waals surface area contributed by atoms with Gasteiger partial charge >= 0.3 is 0 Å². The summed E-state index contributed by atoms with van der Waals surface area (Å²) in [6, 6.07) is -0.883. The Morgan fingerprint density at radius 1 is 0.333 bits per heavy atom. The zero-order valence-electron chi connectivity index (χ0n) is 60.9. The Bertz CT molecular complexity index is 1740. The van der Waals surface area contributed by atoms with Crippen molar-refractivity contribution in [2.75, 3.05) is 26.4 Å². The van der Waals surface area contributed by atoms with Crippen LogP contribution in [0, 0.1) is 0 Å². The lowest BCUT2D eigenvalue weighted by molar-refractivity contribution is -0.379. The van der Waals surface area contributed by atoms with Gasteiger partial charge in [-0.15, -0.1) is 0 Å². The predicted octanol–water partition coefficient (Wildman–Crippen LogP) is 13.0. The molecule has 0 saturated carbocycles. The fraction of sp³-hybridized carbons (Fsp3) is 0.987. The van der Waals surface area contributed by atoms with Crippen molar-refractivity contribution in [3.8, 4) is 0 Å². The minimum absolute atomic E-state index is 0.233. The maximum atomic E-state index is 13.5. The standard InChI is InChI=1S/C77H149NO18/c1-3-5-7-9-11-13-15-17-19-21-23-25-27-29-31-32-34-36-38-40-42-44-46-48-50-52-54-61(82)60(78-65(83)55-53-51-49-47-45-43-41-39-37-35-33-30-28-26-24-22-20-18-16-14-12-10-8-6-4-2)59-91-75-71(89)68(86)73(63(57-80)93-75)96-77-72(90)69(87)74(64(58-81)94-77)95-76-70(88)67(85)66(84)62(56-79)92-76/h60-64,66-77,79-82,84-90H,3-59H2,1-2H3,(H,78,83). The number of nitrogens with one attached hydrogen (secondary N) is 1. The second kappa shape index (κ2) is 59.2. The third-order valence-electron chi connectivity index (χ3n) is 20.7. The van der Waals surface area contributed by atoms with Gasteiger partial charge in [-0.3, -0.25) is 4.79 Å². The highest BCUT2D eigenvalue weighted by molar-refractivity contribution is 5.76. The zero-order valence-corrected chi connectivity index (χ0v) is 60.9. The van der Waals surface area contributed by atoms with Crippen molar-refractivity contribution in [1.82, 2.24) is 5.32 Å². The van der Waals surface area contributed by atoms with Gasteiger partial charge in [-0.25, -0.2) is 0 Å². The number of amides is 1. The van der Waals surface area contributed by atoms with Crippen LogP contribution in [0.15, 0.2) is 0 Å². The molecular weight excluding hydrogens is 1230 g/mol. The van der Waals surface area contributed by atoms with E-state index in [0.29, 0.717) is 12.8 Å². The summed E-state index contributed by atoms with van der Waals surface area (Å²) in [5, 5.41) is 121. The van der Waals surface area contributed by atoms with E-state index in [1.807, 2.05) is 0 Å². The Morgan fingerprint density at radius 3 is 0.906 bits per heavy atom. The van der Waals surface area contributed by atoms with Crippen LogP contribution in [-0.2, 0) is 33.2 Å². The van der Waals surface area contributed by atoms with E-state index in [9.17, 15) is 61.0 Å². The average molecular weight is 1380 g/mol. The molecule has 19 nitrogen and oxygen atoms in total. The van der Waals surface area contributed by atoms with E-state index in [0.717, 1.165) is 44.9 Å². The number of carbonyl (C=O) groups excluding carboxylic acids is 1. The van der Waals surface area contributed by atoms with E-state index in [-0.39, 0.29) is 18.9 Å². The molecule has 0 aromatic rings. The van der Waals surface area contributed by atoms with Gasteiger partial charge in [0.15, 0.2) is 18.9 Å². The highest BCUT2D eigenvalue weighted by atomic mass is 16.8. The van der Waals surface area contributed by atoms with Crippen LogP contribution in [0.5, 0.6) is 0 Å². The number of unbranched alkanes of at least 4 members (excludes halogenated alkanes) is 49. The molecule has 1 amide bonds. The molecule has 17 unspecified atom stereocenters. The minimum atomic E-state index is -1.97. The van der Waals surface area contributed by atoms with Gasteiger partial charge in [0.05, 0.1) is 38.6 Å². The minimum Gasteiger partial charge on any atom is -0.394 e. The first-order valence-electron chi connectivity index (χ1n) is 40.3. The molecule has 3 rings (SSSR count). The lowest BCUT2D eigenvalue weighted by atomic mass is 9.96. The first kappa shape index (κ1) is 89.0. The SMILES string of the molecule is CCCCCCCCCCCCCCCCCCCCCCCCCCCCC(O)C(COC1OC(CO)C(OC2OC(CO)C(OC3OC(CO)C(O)C(O)C3O)C(O)C2O)C(O)C1O)NC(=O)CCCCCCCCCCCCCCCCCCCCCCCCCCC. The van der Waals surface area contributed by atoms with Gasteiger partial charge in [0, 0.05) is 6.42 Å². The zero-order chi connectivity index (χ0) is 69.6. The smallest absolute Gasteiger partial charge is 0.220 e. The van der Waals surface area contributed by atoms with Gasteiger partial charge in [0.1, 0.15) is 73.2 Å². The monoisotopic (exact) mass is 1380 g/mol. The molecule has 0 aromatic heterocycles.